The summed E-state index contributed by atoms with van der Waals surface area (Å²) in [6.45, 7) is 2.19. The third-order valence-corrected chi connectivity index (χ3v) is 3.64. The van der Waals surface area contributed by atoms with Gasteiger partial charge in [0.15, 0.2) is 0 Å². The van der Waals surface area contributed by atoms with Gasteiger partial charge in [0.2, 0.25) is 0 Å². The van der Waals surface area contributed by atoms with Gasteiger partial charge in [0.05, 0.1) is 6.04 Å². The summed E-state index contributed by atoms with van der Waals surface area (Å²) < 4.78 is 0. The predicted octanol–water partition coefficient (Wildman–Crippen LogP) is 3.75. The van der Waals surface area contributed by atoms with Crippen LogP contribution in [-0.4, -0.2) is 12.0 Å². The first-order valence-electron chi connectivity index (χ1n) is 5.77. The Hall–Kier alpha value is -1.55. The van der Waals surface area contributed by atoms with Gasteiger partial charge in [0, 0.05) is 29.9 Å². The van der Waals surface area contributed by atoms with Crippen molar-refractivity contribution in [2.75, 3.05) is 17.7 Å². The van der Waals surface area contributed by atoms with E-state index in [9.17, 15) is 0 Å². The first-order valence-corrected chi connectivity index (χ1v) is 6.65. The monoisotopic (exact) mass is 247 g/mol. The normalized spacial score (nSPS) is 12.1. The van der Waals surface area contributed by atoms with Crippen LogP contribution in [0, 0.1) is 0 Å². The molecule has 90 valence electrons. The molecule has 2 rings (SSSR count). The molecule has 1 atom stereocenters. The van der Waals surface area contributed by atoms with Crippen LogP contribution in [-0.2, 0) is 0 Å². The molecule has 3 nitrogen and oxygen atoms in total. The number of thiophene rings is 1. The lowest BCUT2D eigenvalue weighted by Gasteiger charge is -2.17. The summed E-state index contributed by atoms with van der Waals surface area (Å²) in [5.41, 5.74) is 1.10. The molecule has 0 aliphatic heterocycles. The largest absolute Gasteiger partial charge is 0.377 e. The van der Waals surface area contributed by atoms with Crippen LogP contribution in [0.25, 0.3) is 0 Å². The Kier molecular flexibility index (Phi) is 3.98. The van der Waals surface area contributed by atoms with E-state index in [2.05, 4.69) is 40.1 Å². The highest BCUT2D eigenvalue weighted by atomic mass is 32.1. The molecule has 0 saturated heterocycles. The zero-order chi connectivity index (χ0) is 12.1. The molecule has 1 unspecified atom stereocenters. The third-order valence-electron chi connectivity index (χ3n) is 2.65. The number of nitrogens with one attached hydrogen (secondary N) is 2. The average molecular weight is 247 g/mol. The summed E-state index contributed by atoms with van der Waals surface area (Å²) in [5, 5.41) is 8.70. The highest BCUT2D eigenvalue weighted by molar-refractivity contribution is 7.10. The van der Waals surface area contributed by atoms with Crippen molar-refractivity contribution in [3.8, 4) is 0 Å². The maximum Gasteiger partial charge on any atom is 0.127 e. The Morgan fingerprint density at radius 3 is 2.94 bits per heavy atom. The van der Waals surface area contributed by atoms with Crippen molar-refractivity contribution in [3.63, 3.8) is 0 Å². The molecule has 0 aliphatic rings. The van der Waals surface area contributed by atoms with Gasteiger partial charge >= 0.3 is 0 Å². The SMILES string of the molecule is CCC(Nc1ccnc(NC)c1)c1cccs1. The van der Waals surface area contributed by atoms with Gasteiger partial charge in [0.1, 0.15) is 5.82 Å². The highest BCUT2D eigenvalue weighted by Crippen LogP contribution is 2.26. The molecular weight excluding hydrogens is 230 g/mol. The van der Waals surface area contributed by atoms with Gasteiger partial charge in [0.25, 0.3) is 0 Å². The van der Waals surface area contributed by atoms with E-state index in [0.29, 0.717) is 6.04 Å². The van der Waals surface area contributed by atoms with E-state index < -0.39 is 0 Å². The topological polar surface area (TPSA) is 37.0 Å². The summed E-state index contributed by atoms with van der Waals surface area (Å²) in [6, 6.07) is 8.66. The maximum atomic E-state index is 4.21. The molecular formula is C13H17N3S. The van der Waals surface area contributed by atoms with Gasteiger partial charge in [-0.05, 0) is 23.9 Å². The minimum absolute atomic E-state index is 0.377. The zero-order valence-corrected chi connectivity index (χ0v) is 10.9. The fraction of sp³-hybridized carbons (Fsp3) is 0.308. The lowest BCUT2D eigenvalue weighted by atomic mass is 10.2. The second-order valence-corrected chi connectivity index (χ2v) is 4.78. The summed E-state index contributed by atoms with van der Waals surface area (Å²) in [6.07, 6.45) is 2.88. The Morgan fingerprint density at radius 2 is 2.29 bits per heavy atom. The average Bonchev–Trinajstić information content (AvgIpc) is 2.90. The molecule has 0 radical (unpaired) electrons. The Morgan fingerprint density at radius 1 is 1.41 bits per heavy atom. The van der Waals surface area contributed by atoms with Crippen LogP contribution >= 0.6 is 11.3 Å². The van der Waals surface area contributed by atoms with Crippen molar-refractivity contribution in [2.45, 2.75) is 19.4 Å². The van der Waals surface area contributed by atoms with Gasteiger partial charge in [-0.2, -0.15) is 0 Å². The van der Waals surface area contributed by atoms with Gasteiger partial charge in [-0.1, -0.05) is 13.0 Å². The van der Waals surface area contributed by atoms with Crippen molar-refractivity contribution in [2.24, 2.45) is 0 Å². The summed E-state index contributed by atoms with van der Waals surface area (Å²) in [5.74, 6) is 0.885. The Labute approximate surface area is 106 Å². The number of rotatable bonds is 5. The predicted molar refractivity (Wildman–Crippen MR) is 74.8 cm³/mol. The standard InChI is InChI=1S/C13H17N3S/c1-3-11(12-5-4-8-17-12)16-10-6-7-15-13(9-10)14-2/h4-9,11H,3H2,1-2H3,(H2,14,15,16). The van der Waals surface area contributed by atoms with Crippen molar-refractivity contribution in [3.05, 3.63) is 40.7 Å². The Balaban J connectivity index is 2.13. The number of anilines is 2. The molecule has 2 heterocycles. The molecule has 0 spiro atoms. The summed E-state index contributed by atoms with van der Waals surface area (Å²) >= 11 is 1.79. The van der Waals surface area contributed by atoms with E-state index in [-0.39, 0.29) is 0 Å². The molecule has 2 N–H and O–H groups in total. The smallest absolute Gasteiger partial charge is 0.127 e. The number of hydrogen-bond acceptors (Lipinski definition) is 4. The van der Waals surface area contributed by atoms with Crippen LogP contribution in [0.3, 0.4) is 0 Å². The van der Waals surface area contributed by atoms with E-state index in [1.165, 1.54) is 4.88 Å². The summed E-state index contributed by atoms with van der Waals surface area (Å²) in [4.78, 5) is 5.58. The quantitative estimate of drug-likeness (QED) is 0.845. The van der Waals surface area contributed by atoms with Crippen molar-refractivity contribution in [1.82, 2.24) is 4.98 Å². The molecule has 0 amide bonds. The van der Waals surface area contributed by atoms with Crippen molar-refractivity contribution >= 4 is 22.8 Å². The van der Waals surface area contributed by atoms with Crippen LogP contribution in [0.15, 0.2) is 35.8 Å². The molecule has 0 saturated carbocycles. The second kappa shape index (κ2) is 5.68. The Bertz CT molecular complexity index is 453. The number of hydrogen-bond donors (Lipinski definition) is 2. The minimum atomic E-state index is 0.377. The van der Waals surface area contributed by atoms with E-state index in [1.54, 1.807) is 11.3 Å². The van der Waals surface area contributed by atoms with E-state index in [1.807, 2.05) is 25.4 Å². The van der Waals surface area contributed by atoms with Crippen molar-refractivity contribution < 1.29 is 0 Å². The molecule has 0 aliphatic carbocycles. The lowest BCUT2D eigenvalue weighted by Crippen LogP contribution is -2.08. The number of nitrogens with zero attached hydrogens (tertiary/aromatic N) is 1. The molecule has 2 aromatic rings. The molecule has 0 aromatic carbocycles. The number of pyridine rings is 1. The number of aromatic nitrogens is 1. The lowest BCUT2D eigenvalue weighted by molar-refractivity contribution is 0.764. The highest BCUT2D eigenvalue weighted by Gasteiger charge is 2.09. The van der Waals surface area contributed by atoms with Gasteiger partial charge in [-0.3, -0.25) is 0 Å². The van der Waals surface area contributed by atoms with E-state index >= 15 is 0 Å². The second-order valence-electron chi connectivity index (χ2n) is 3.80. The fourth-order valence-corrected chi connectivity index (χ4v) is 2.58. The van der Waals surface area contributed by atoms with Gasteiger partial charge in [-0.25, -0.2) is 4.98 Å². The molecule has 0 bridgehead atoms. The van der Waals surface area contributed by atoms with Crippen LogP contribution in [0.2, 0.25) is 0 Å². The van der Waals surface area contributed by atoms with Gasteiger partial charge in [-0.15, -0.1) is 11.3 Å². The third kappa shape index (κ3) is 2.97. The first kappa shape index (κ1) is 11.9. The van der Waals surface area contributed by atoms with Crippen LogP contribution in [0.4, 0.5) is 11.5 Å². The van der Waals surface area contributed by atoms with E-state index in [0.717, 1.165) is 17.9 Å². The summed E-state index contributed by atoms with van der Waals surface area (Å²) in [7, 11) is 1.88. The molecule has 4 heteroatoms. The van der Waals surface area contributed by atoms with Crippen molar-refractivity contribution in [1.29, 1.82) is 0 Å². The van der Waals surface area contributed by atoms with Crippen LogP contribution in [0.1, 0.15) is 24.3 Å². The molecule has 0 fully saturated rings. The van der Waals surface area contributed by atoms with E-state index in [4.69, 9.17) is 0 Å². The van der Waals surface area contributed by atoms with Crippen LogP contribution < -0.4 is 10.6 Å². The minimum Gasteiger partial charge on any atom is -0.377 e. The maximum absolute atomic E-state index is 4.21. The molecule has 17 heavy (non-hydrogen) atoms. The molecule has 2 aromatic heterocycles. The van der Waals surface area contributed by atoms with Gasteiger partial charge < -0.3 is 10.6 Å². The first-order chi connectivity index (χ1) is 8.33. The van der Waals surface area contributed by atoms with Crippen LogP contribution in [0.5, 0.6) is 0 Å². The fourth-order valence-electron chi connectivity index (χ4n) is 1.72. The zero-order valence-electron chi connectivity index (χ0n) is 10.1.